The Labute approximate surface area is 257 Å². The average Bonchev–Trinajstić information content (AvgIpc) is 2.96. The molecule has 0 saturated carbocycles. The van der Waals surface area contributed by atoms with Gasteiger partial charge in [-0.3, -0.25) is 9.59 Å². The maximum absolute atomic E-state index is 12.0. The molecule has 2 N–H and O–H groups in total. The number of carboxylic acids is 3. The molecule has 246 valence electrons. The lowest BCUT2D eigenvalue weighted by Gasteiger charge is -2.44. The third-order valence-corrected chi connectivity index (χ3v) is 8.98. The number of hydrogen-bond donors (Lipinski definition) is 2. The molecule has 7 heteroatoms. The highest BCUT2D eigenvalue weighted by molar-refractivity contribution is 5.70. The first-order valence-corrected chi connectivity index (χ1v) is 17.3. The Hall–Kier alpha value is -1.89. The van der Waals surface area contributed by atoms with Crippen LogP contribution in [0.3, 0.4) is 0 Å². The zero-order chi connectivity index (χ0) is 31.6. The van der Waals surface area contributed by atoms with Gasteiger partial charge < -0.3 is 24.6 Å². The van der Waals surface area contributed by atoms with Gasteiger partial charge in [0.1, 0.15) is 11.8 Å². The van der Waals surface area contributed by atoms with E-state index in [9.17, 15) is 29.7 Å². The molecule has 3 unspecified atom stereocenters. The summed E-state index contributed by atoms with van der Waals surface area (Å²) in [6.07, 6.45) is 25.4. The van der Waals surface area contributed by atoms with Crippen molar-refractivity contribution in [2.75, 3.05) is 26.2 Å². The summed E-state index contributed by atoms with van der Waals surface area (Å²) in [4.78, 5) is 35.8. The molecular weight excluding hydrogens is 530 g/mol. The molecule has 0 aliphatic carbocycles. The average molecular weight is 596 g/mol. The fraction of sp³-hybridized carbons (Fsp3) is 0.857. The van der Waals surface area contributed by atoms with Crippen LogP contribution in [0.2, 0.25) is 0 Å². The quantitative estimate of drug-likeness (QED) is 0.0501. The zero-order valence-electron chi connectivity index (χ0n) is 27.6. The number of unbranched alkanes of at least 4 members (excludes halogenated alkanes) is 14. The topological polar surface area (TPSA) is 115 Å². The SMILES string of the molecule is CCCCC/C=C/CCCCCCCCCCCCC[N+](CC(CC)C(=O)[O-])(CC(CC)C(=O)O)CC(CC)C(=O)O. The third-order valence-electron chi connectivity index (χ3n) is 8.98. The monoisotopic (exact) mass is 595 g/mol. The first-order chi connectivity index (χ1) is 20.2. The number of quaternary nitrogens is 1. The van der Waals surface area contributed by atoms with Gasteiger partial charge >= 0.3 is 11.9 Å². The second-order valence-electron chi connectivity index (χ2n) is 12.6. The zero-order valence-corrected chi connectivity index (χ0v) is 27.6. The molecule has 0 radical (unpaired) electrons. The van der Waals surface area contributed by atoms with E-state index in [-0.39, 0.29) is 24.1 Å². The van der Waals surface area contributed by atoms with E-state index in [1.165, 1.54) is 83.5 Å². The second kappa shape index (κ2) is 25.6. The minimum atomic E-state index is -1.14. The van der Waals surface area contributed by atoms with E-state index in [0.717, 1.165) is 19.3 Å². The van der Waals surface area contributed by atoms with Crippen molar-refractivity contribution in [2.45, 2.75) is 150 Å². The van der Waals surface area contributed by atoms with E-state index < -0.39 is 35.7 Å². The molecule has 3 atom stereocenters. The Morgan fingerprint density at radius 2 is 0.929 bits per heavy atom. The van der Waals surface area contributed by atoms with Crippen molar-refractivity contribution in [3.8, 4) is 0 Å². The summed E-state index contributed by atoms with van der Waals surface area (Å²) >= 11 is 0. The molecule has 0 aromatic heterocycles. The number of aliphatic carboxylic acids is 3. The highest BCUT2D eigenvalue weighted by atomic mass is 16.4. The molecule has 42 heavy (non-hydrogen) atoms. The van der Waals surface area contributed by atoms with Gasteiger partial charge in [-0.25, -0.2) is 0 Å². The van der Waals surface area contributed by atoms with Crippen molar-refractivity contribution in [3.05, 3.63) is 12.2 Å². The van der Waals surface area contributed by atoms with E-state index in [0.29, 0.717) is 25.8 Å². The van der Waals surface area contributed by atoms with Crippen LogP contribution in [0.1, 0.15) is 150 Å². The number of allylic oxidation sites excluding steroid dienone is 2. The molecule has 0 spiro atoms. The molecule has 0 aliphatic rings. The van der Waals surface area contributed by atoms with Crippen LogP contribution in [0.25, 0.3) is 0 Å². The maximum Gasteiger partial charge on any atom is 0.312 e. The minimum Gasteiger partial charge on any atom is -0.550 e. The lowest BCUT2D eigenvalue weighted by atomic mass is 9.95. The Morgan fingerprint density at radius 1 is 0.571 bits per heavy atom. The lowest BCUT2D eigenvalue weighted by Crippen LogP contribution is -2.59. The first kappa shape index (κ1) is 40.1. The van der Waals surface area contributed by atoms with Crippen LogP contribution >= 0.6 is 0 Å². The Morgan fingerprint density at radius 3 is 1.29 bits per heavy atom. The van der Waals surface area contributed by atoms with Crippen LogP contribution in [0.4, 0.5) is 0 Å². The summed E-state index contributed by atoms with van der Waals surface area (Å²) in [5.74, 6) is -4.94. The largest absolute Gasteiger partial charge is 0.550 e. The molecule has 0 aliphatic heterocycles. The number of carbonyl (C=O) groups excluding carboxylic acids is 1. The molecule has 0 rings (SSSR count). The Balaban J connectivity index is 4.70. The van der Waals surface area contributed by atoms with Gasteiger partial charge in [-0.2, -0.15) is 0 Å². The molecule has 0 fully saturated rings. The first-order valence-electron chi connectivity index (χ1n) is 17.3. The highest BCUT2D eigenvalue weighted by Gasteiger charge is 2.39. The van der Waals surface area contributed by atoms with E-state index >= 15 is 0 Å². The van der Waals surface area contributed by atoms with Crippen molar-refractivity contribution in [2.24, 2.45) is 17.8 Å². The van der Waals surface area contributed by atoms with Crippen molar-refractivity contribution in [3.63, 3.8) is 0 Å². The summed E-state index contributed by atoms with van der Waals surface area (Å²) < 4.78 is 0.219. The van der Waals surface area contributed by atoms with Crippen molar-refractivity contribution in [1.29, 1.82) is 0 Å². The normalized spacial score (nSPS) is 15.3. The summed E-state index contributed by atoms with van der Waals surface area (Å²) in [7, 11) is 0. The van der Waals surface area contributed by atoms with Gasteiger partial charge in [0, 0.05) is 5.92 Å². The van der Waals surface area contributed by atoms with E-state index in [4.69, 9.17) is 0 Å². The van der Waals surface area contributed by atoms with Gasteiger partial charge in [0.05, 0.1) is 32.1 Å². The number of hydrogen-bond acceptors (Lipinski definition) is 4. The molecular formula is C35H65NO6. The van der Waals surface area contributed by atoms with E-state index in [1.54, 1.807) is 6.92 Å². The fourth-order valence-corrected chi connectivity index (χ4v) is 6.08. The van der Waals surface area contributed by atoms with Crippen LogP contribution in [-0.2, 0) is 14.4 Å². The van der Waals surface area contributed by atoms with Gasteiger partial charge in [-0.15, -0.1) is 0 Å². The predicted octanol–water partition coefficient (Wildman–Crippen LogP) is 7.62. The standard InChI is InChI=1S/C35H65NO6/c1-5-9-10-11-12-13-14-15-16-17-18-19-20-21-22-23-24-25-26-36(27-30(6-2)33(37)38,28-31(7-3)34(39)40)29-32(8-4)35(41)42/h12-13,30-32H,5-11,14-29H2,1-4H3,(H2-,37,38,39,40,41,42)/b13-12+. The highest BCUT2D eigenvalue weighted by Crippen LogP contribution is 2.25. The van der Waals surface area contributed by atoms with Crippen molar-refractivity contribution >= 4 is 17.9 Å². The second-order valence-corrected chi connectivity index (χ2v) is 12.6. The maximum atomic E-state index is 12.0. The summed E-state index contributed by atoms with van der Waals surface area (Å²) in [5.41, 5.74) is 0. The van der Waals surface area contributed by atoms with E-state index in [1.807, 2.05) is 13.8 Å². The smallest absolute Gasteiger partial charge is 0.312 e. The minimum absolute atomic E-state index is 0.219. The summed E-state index contributed by atoms with van der Waals surface area (Å²) in [6.45, 7) is 9.03. The van der Waals surface area contributed by atoms with Crippen LogP contribution in [0.5, 0.6) is 0 Å². The van der Waals surface area contributed by atoms with Gasteiger partial charge in [0.15, 0.2) is 0 Å². The van der Waals surface area contributed by atoms with Crippen LogP contribution in [0, 0.1) is 17.8 Å². The number of carboxylic acid groups (broad SMARTS) is 3. The molecule has 0 aromatic carbocycles. The summed E-state index contributed by atoms with van der Waals surface area (Å²) in [6, 6.07) is 0. The lowest BCUT2D eigenvalue weighted by molar-refractivity contribution is -0.935. The predicted molar refractivity (Wildman–Crippen MR) is 170 cm³/mol. The van der Waals surface area contributed by atoms with Gasteiger partial charge in [0.2, 0.25) is 0 Å². The van der Waals surface area contributed by atoms with Gasteiger partial charge in [0.25, 0.3) is 0 Å². The molecule has 0 amide bonds. The van der Waals surface area contributed by atoms with Crippen molar-refractivity contribution in [1.82, 2.24) is 0 Å². The fourth-order valence-electron chi connectivity index (χ4n) is 6.08. The third kappa shape index (κ3) is 19.3. The Kier molecular flexibility index (Phi) is 24.4. The number of nitrogens with zero attached hydrogens (tertiary/aromatic N) is 1. The molecule has 0 heterocycles. The summed E-state index contributed by atoms with van der Waals surface area (Å²) in [5, 5.41) is 31.5. The molecule has 7 nitrogen and oxygen atoms in total. The number of rotatable bonds is 30. The van der Waals surface area contributed by atoms with Crippen LogP contribution < -0.4 is 5.11 Å². The Bertz CT molecular complexity index is 677. The molecule has 0 saturated heterocycles. The molecule has 0 aromatic rings. The number of carbonyl (C=O) groups is 3. The van der Waals surface area contributed by atoms with Crippen molar-refractivity contribution < 1.29 is 34.2 Å². The molecule has 0 bridgehead atoms. The van der Waals surface area contributed by atoms with E-state index in [2.05, 4.69) is 19.1 Å². The van der Waals surface area contributed by atoms with Crippen LogP contribution in [0.15, 0.2) is 12.2 Å². The van der Waals surface area contributed by atoms with Crippen LogP contribution in [-0.4, -0.2) is 58.8 Å². The van der Waals surface area contributed by atoms with Gasteiger partial charge in [-0.1, -0.05) is 104 Å². The van der Waals surface area contributed by atoms with Gasteiger partial charge in [-0.05, 0) is 57.8 Å².